The van der Waals surface area contributed by atoms with Crippen molar-refractivity contribution < 1.29 is 33.4 Å². The number of fused-ring (bicyclic) bond motifs is 6. The van der Waals surface area contributed by atoms with Crippen molar-refractivity contribution in [3.63, 3.8) is 0 Å². The molecule has 7 heterocycles. The summed E-state index contributed by atoms with van der Waals surface area (Å²) in [7, 11) is 3.34. The fourth-order valence-electron chi connectivity index (χ4n) is 10.7. The van der Waals surface area contributed by atoms with Gasteiger partial charge in [0.05, 0.1) is 34.8 Å². The average molecular weight is 964 g/mol. The molecule has 1 spiro atoms. The van der Waals surface area contributed by atoms with Crippen LogP contribution >= 0.6 is 11.3 Å². The number of aryl methyl sites for hydroxylation is 1. The van der Waals surface area contributed by atoms with Crippen LogP contribution in [0.4, 0.5) is 4.79 Å². The molecular weight excluding hydrogens is 895 g/mol. The number of thiazole rings is 1. The van der Waals surface area contributed by atoms with Crippen molar-refractivity contribution in [3.05, 3.63) is 70.3 Å². The van der Waals surface area contributed by atoms with E-state index in [0.29, 0.717) is 63.5 Å². The number of cyclic esters (lactones) is 1. The van der Waals surface area contributed by atoms with E-state index >= 15 is 0 Å². The van der Waals surface area contributed by atoms with Crippen LogP contribution in [0.1, 0.15) is 96.5 Å². The summed E-state index contributed by atoms with van der Waals surface area (Å²) in [5.41, 5.74) is 9.33. The third kappa shape index (κ3) is 10.2. The summed E-state index contributed by atoms with van der Waals surface area (Å²) < 4.78 is 14.3. The highest BCUT2D eigenvalue weighted by atomic mass is 32.1. The number of rotatable bonds is 9. The van der Waals surface area contributed by atoms with Crippen molar-refractivity contribution in [2.75, 3.05) is 53.5 Å². The van der Waals surface area contributed by atoms with Gasteiger partial charge in [0.2, 0.25) is 11.8 Å². The van der Waals surface area contributed by atoms with Gasteiger partial charge < -0.3 is 34.1 Å². The lowest BCUT2D eigenvalue weighted by Gasteiger charge is -2.54. The number of amides is 5. The second kappa shape index (κ2) is 20.4. The standard InChI is InChI=1S/C52H69N9O7S/c1-10-14-43(62)59-29-52(30-59)19-23-58(24-20-52)50(66)57(8)45(32(3)4)47(63)55-39-26-42-54-40(28-69-42)34-17-18-41-36(25-34)37(46(60(41)11-2)35-15-12-21-53-44(35)33(5)67-9)27-51(6,7)31-68-49(65)38-16-13-22-61(56-38)48(39)64/h10,12,14-15,17-18,21,25,28,32-33,38-39,45,56H,11,13,16,19-20,22-24,26-27,29-31H2,1-9H3,(H,55,63)/b14-10+/t33-,38-,39-,45-/m0/s1. The lowest BCUT2D eigenvalue weighted by molar-refractivity contribution is -0.155. The summed E-state index contributed by atoms with van der Waals surface area (Å²) >= 11 is 1.42. The first kappa shape index (κ1) is 49.8. The van der Waals surface area contributed by atoms with Gasteiger partial charge in [-0.05, 0) is 94.7 Å². The third-order valence-electron chi connectivity index (χ3n) is 14.5. The van der Waals surface area contributed by atoms with Gasteiger partial charge in [0.15, 0.2) is 0 Å². The minimum Gasteiger partial charge on any atom is -0.464 e. The minimum absolute atomic E-state index is 0.00315. The number of hydrazine groups is 1. The molecule has 0 unspecified atom stereocenters. The first-order valence-electron chi connectivity index (χ1n) is 24.5. The summed E-state index contributed by atoms with van der Waals surface area (Å²) in [6, 6.07) is 7.45. The Hall–Kier alpha value is -5.65. The van der Waals surface area contributed by atoms with E-state index in [2.05, 4.69) is 60.3 Å². The summed E-state index contributed by atoms with van der Waals surface area (Å²) in [5.74, 6) is -1.59. The van der Waals surface area contributed by atoms with Gasteiger partial charge in [0.25, 0.3) is 5.91 Å². The molecule has 0 aliphatic carbocycles. The summed E-state index contributed by atoms with van der Waals surface area (Å²) in [5, 5.41) is 8.19. The molecule has 3 aromatic heterocycles. The number of nitrogens with zero attached hydrogens (tertiary/aromatic N) is 7. The van der Waals surface area contributed by atoms with Crippen molar-refractivity contribution in [3.8, 4) is 22.5 Å². The van der Waals surface area contributed by atoms with Gasteiger partial charge in [-0.1, -0.05) is 39.8 Å². The molecule has 1 aromatic carbocycles. The van der Waals surface area contributed by atoms with E-state index in [0.717, 1.165) is 57.5 Å². The number of likely N-dealkylation sites (N-methyl/N-ethyl adjacent to an activating group) is 1. The minimum atomic E-state index is -1.07. The Balaban J connectivity index is 1.10. The van der Waals surface area contributed by atoms with E-state index in [9.17, 15) is 24.0 Å². The van der Waals surface area contributed by atoms with Gasteiger partial charge in [-0.2, -0.15) is 0 Å². The van der Waals surface area contributed by atoms with Crippen molar-refractivity contribution in [1.82, 2.24) is 45.0 Å². The normalized spacial score (nSPS) is 21.5. The number of allylic oxidation sites excluding steroid dienone is 1. The maximum absolute atomic E-state index is 14.7. The molecule has 6 bridgehead atoms. The van der Waals surface area contributed by atoms with E-state index in [1.807, 2.05) is 44.0 Å². The Morgan fingerprint density at radius 3 is 2.54 bits per heavy atom. The number of methoxy groups -OCH3 is 1. The zero-order chi connectivity index (χ0) is 49.4. The number of hydrogen-bond acceptors (Lipinski definition) is 11. The summed E-state index contributed by atoms with van der Waals surface area (Å²) in [6.45, 7) is 17.5. The number of pyridine rings is 1. The molecule has 17 heteroatoms. The number of carbonyl (C=O) groups excluding carboxylic acids is 5. The van der Waals surface area contributed by atoms with Crippen LogP contribution in [0.15, 0.2) is 54.1 Å². The molecule has 2 N–H and O–H groups in total. The summed E-state index contributed by atoms with van der Waals surface area (Å²) in [6.07, 6.45) is 8.11. The quantitative estimate of drug-likeness (QED) is 0.135. The topological polar surface area (TPSA) is 172 Å². The Bertz CT molecular complexity index is 2600. The van der Waals surface area contributed by atoms with Crippen LogP contribution in [0.3, 0.4) is 0 Å². The fraction of sp³-hybridized carbons (Fsp3) is 0.558. The Morgan fingerprint density at radius 2 is 1.84 bits per heavy atom. The van der Waals surface area contributed by atoms with Crippen molar-refractivity contribution in [2.24, 2.45) is 16.7 Å². The lowest BCUT2D eigenvalue weighted by atomic mass is 9.72. The van der Waals surface area contributed by atoms with Gasteiger partial charge in [-0.15, -0.1) is 11.3 Å². The highest BCUT2D eigenvalue weighted by Crippen LogP contribution is 2.43. The van der Waals surface area contributed by atoms with Crippen molar-refractivity contribution >= 4 is 52.0 Å². The Labute approximate surface area is 409 Å². The van der Waals surface area contributed by atoms with Crippen molar-refractivity contribution in [2.45, 2.75) is 118 Å². The number of carbonyl (C=O) groups is 5. The SMILES string of the molecule is C/C=C/C(=O)N1CC2(CCN(C(=O)N(C)[C@H](C(=O)N[C@H]3Cc4nc(cs4)-c4ccc5c(c4)c(c(-c4cccnc4[C@H](C)OC)n5CC)CC(C)(C)COC(=O)[C@@H]4CCCN(N4)C3=O)C(C)C)CC2)C1. The zero-order valence-electron chi connectivity index (χ0n) is 41.7. The largest absolute Gasteiger partial charge is 0.464 e. The number of nitrogens with one attached hydrogen (secondary N) is 2. The molecule has 5 amide bonds. The van der Waals surface area contributed by atoms with Crippen LogP contribution in [0.25, 0.3) is 33.4 Å². The van der Waals surface area contributed by atoms with Crippen LogP contribution in [-0.4, -0.2) is 136 Å². The van der Waals surface area contributed by atoms with E-state index in [-0.39, 0.29) is 42.4 Å². The first-order valence-corrected chi connectivity index (χ1v) is 25.4. The van der Waals surface area contributed by atoms with Crippen LogP contribution in [-0.2, 0) is 48.0 Å². The Morgan fingerprint density at radius 1 is 1.09 bits per heavy atom. The third-order valence-corrected chi connectivity index (χ3v) is 15.4. The Kier molecular flexibility index (Phi) is 14.7. The average Bonchev–Trinajstić information content (AvgIpc) is 3.92. The predicted octanol–water partition coefficient (Wildman–Crippen LogP) is 6.78. The van der Waals surface area contributed by atoms with Gasteiger partial charge in [0, 0.05) is 104 Å². The monoisotopic (exact) mass is 964 g/mol. The molecule has 16 nitrogen and oxygen atoms in total. The molecular formula is C52H69N9O7S. The second-order valence-corrected chi connectivity index (χ2v) is 21.5. The number of esters is 1. The highest BCUT2D eigenvalue weighted by Gasteiger charge is 2.48. The van der Waals surface area contributed by atoms with Crippen LogP contribution < -0.4 is 10.7 Å². The van der Waals surface area contributed by atoms with E-state index in [1.165, 1.54) is 21.2 Å². The number of benzene rings is 1. The molecule has 3 saturated heterocycles. The number of urea groups is 1. The predicted molar refractivity (Wildman–Crippen MR) is 266 cm³/mol. The van der Waals surface area contributed by atoms with E-state index < -0.39 is 41.3 Å². The van der Waals surface area contributed by atoms with Gasteiger partial charge in [-0.25, -0.2) is 15.2 Å². The molecule has 4 atom stereocenters. The molecule has 370 valence electrons. The maximum atomic E-state index is 14.7. The number of piperidine rings is 1. The number of hydrogen-bond donors (Lipinski definition) is 2. The number of likely N-dealkylation sites (tertiary alicyclic amines) is 2. The molecule has 4 aliphatic rings. The van der Waals surface area contributed by atoms with Crippen LogP contribution in [0, 0.1) is 16.7 Å². The first-order chi connectivity index (χ1) is 33.0. The van der Waals surface area contributed by atoms with Crippen LogP contribution in [0.2, 0.25) is 0 Å². The van der Waals surface area contributed by atoms with Gasteiger partial charge in [0.1, 0.15) is 18.1 Å². The second-order valence-electron chi connectivity index (χ2n) is 20.5. The molecule has 0 radical (unpaired) electrons. The maximum Gasteiger partial charge on any atom is 0.324 e. The van der Waals surface area contributed by atoms with Gasteiger partial charge in [-0.3, -0.25) is 29.2 Å². The van der Waals surface area contributed by atoms with E-state index in [1.54, 1.807) is 37.4 Å². The van der Waals surface area contributed by atoms with Crippen LogP contribution in [0.5, 0.6) is 0 Å². The number of aromatic nitrogens is 3. The van der Waals surface area contributed by atoms with Gasteiger partial charge >= 0.3 is 12.0 Å². The fourth-order valence-corrected chi connectivity index (χ4v) is 11.6. The number of ether oxygens (including phenoxy) is 2. The molecule has 4 aliphatic heterocycles. The lowest BCUT2D eigenvalue weighted by Crippen LogP contribution is -2.64. The molecule has 69 heavy (non-hydrogen) atoms. The van der Waals surface area contributed by atoms with Crippen molar-refractivity contribution in [1.29, 1.82) is 0 Å². The zero-order valence-corrected chi connectivity index (χ0v) is 42.5. The smallest absolute Gasteiger partial charge is 0.324 e. The molecule has 8 rings (SSSR count). The molecule has 4 aromatic rings. The molecule has 0 saturated carbocycles. The summed E-state index contributed by atoms with van der Waals surface area (Å²) in [4.78, 5) is 84.8. The highest BCUT2D eigenvalue weighted by molar-refractivity contribution is 7.10. The molecule has 3 fully saturated rings. The van der Waals surface area contributed by atoms with E-state index in [4.69, 9.17) is 19.4 Å².